The molecule has 2 aromatic carbocycles. The van der Waals surface area contributed by atoms with Crippen LogP contribution in [0.4, 0.5) is 0 Å². The van der Waals surface area contributed by atoms with Crippen molar-refractivity contribution in [2.24, 2.45) is 0 Å². The molecule has 23 heavy (non-hydrogen) atoms. The summed E-state index contributed by atoms with van der Waals surface area (Å²) in [5, 5.41) is 9.14. The molecule has 0 amide bonds. The number of carboxylic acid groups (broad SMARTS) is 1. The highest BCUT2D eigenvalue weighted by molar-refractivity contribution is 5.80. The molecule has 0 saturated heterocycles. The monoisotopic (exact) mass is 310 g/mol. The maximum absolute atomic E-state index is 12.3. The molecule has 3 aromatic rings. The molecule has 0 aliphatic heterocycles. The van der Waals surface area contributed by atoms with Crippen molar-refractivity contribution in [1.29, 1.82) is 0 Å². The van der Waals surface area contributed by atoms with Gasteiger partial charge in [-0.25, -0.2) is 0 Å². The van der Waals surface area contributed by atoms with Crippen molar-refractivity contribution in [3.05, 3.63) is 76.1 Å². The van der Waals surface area contributed by atoms with Gasteiger partial charge in [0.2, 0.25) is 0 Å². The molecule has 0 aliphatic carbocycles. The number of aliphatic carboxylic acids is 1. The molecule has 0 radical (unpaired) electrons. The zero-order valence-electron chi connectivity index (χ0n) is 12.2. The Morgan fingerprint density at radius 2 is 1.91 bits per heavy atom. The first-order valence-electron chi connectivity index (χ1n) is 7.06. The Bertz CT molecular complexity index is 896. The lowest BCUT2D eigenvalue weighted by Gasteiger charge is -2.07. The largest absolute Gasteiger partial charge is 0.489 e. The van der Waals surface area contributed by atoms with Gasteiger partial charge in [-0.2, -0.15) is 0 Å². The molecule has 3 rings (SSSR count). The van der Waals surface area contributed by atoms with Crippen LogP contribution >= 0.6 is 0 Å². The van der Waals surface area contributed by atoms with Gasteiger partial charge in [0.25, 0.3) is 0 Å². The molecule has 0 unspecified atom stereocenters. The predicted molar refractivity (Wildman–Crippen MR) is 84.6 cm³/mol. The summed E-state index contributed by atoms with van der Waals surface area (Å²) in [6.45, 7) is 0.381. The van der Waals surface area contributed by atoms with Gasteiger partial charge in [-0.05, 0) is 23.8 Å². The van der Waals surface area contributed by atoms with Gasteiger partial charge < -0.3 is 14.3 Å². The first kappa shape index (κ1) is 14.8. The summed E-state index contributed by atoms with van der Waals surface area (Å²) >= 11 is 0. The smallest absolute Gasteiger partial charge is 0.308 e. The molecule has 0 bridgehead atoms. The Hall–Kier alpha value is -3.08. The van der Waals surface area contributed by atoms with Crippen LogP contribution in [0, 0.1) is 0 Å². The second-order valence-corrected chi connectivity index (χ2v) is 5.09. The van der Waals surface area contributed by atoms with E-state index in [1.807, 2.05) is 30.3 Å². The summed E-state index contributed by atoms with van der Waals surface area (Å²) in [5.41, 5.74) is 1.18. The molecule has 5 heteroatoms. The van der Waals surface area contributed by atoms with Crippen molar-refractivity contribution in [2.45, 2.75) is 13.0 Å². The summed E-state index contributed by atoms with van der Waals surface area (Å²) < 4.78 is 11.0. The molecule has 5 nitrogen and oxygen atoms in total. The van der Waals surface area contributed by atoms with E-state index in [0.717, 1.165) is 5.56 Å². The van der Waals surface area contributed by atoms with Crippen molar-refractivity contribution in [1.82, 2.24) is 0 Å². The topological polar surface area (TPSA) is 76.7 Å². The average molecular weight is 310 g/mol. The number of ether oxygens (including phenoxy) is 1. The minimum Gasteiger partial charge on any atom is -0.489 e. The first-order chi connectivity index (χ1) is 11.1. The second-order valence-electron chi connectivity index (χ2n) is 5.09. The normalized spacial score (nSPS) is 10.6. The summed E-state index contributed by atoms with van der Waals surface area (Å²) in [6.07, 6.45) is 0.830. The molecule has 1 N–H and O–H groups in total. The number of carbonyl (C=O) groups is 1. The van der Waals surface area contributed by atoms with Gasteiger partial charge in [0.15, 0.2) is 5.43 Å². The fourth-order valence-corrected chi connectivity index (χ4v) is 2.27. The van der Waals surface area contributed by atoms with Crippen LogP contribution < -0.4 is 10.2 Å². The van der Waals surface area contributed by atoms with E-state index in [1.165, 1.54) is 6.26 Å². The molecule has 0 fully saturated rings. The van der Waals surface area contributed by atoms with E-state index >= 15 is 0 Å². The summed E-state index contributed by atoms with van der Waals surface area (Å²) in [7, 11) is 0. The molecule has 1 heterocycles. The van der Waals surface area contributed by atoms with Gasteiger partial charge in [-0.15, -0.1) is 0 Å². The SMILES string of the molecule is O=C(O)Cc1coc2ccc(OCc3ccccc3)cc2c1=O. The van der Waals surface area contributed by atoms with Crippen molar-refractivity contribution in [2.75, 3.05) is 0 Å². The van der Waals surface area contributed by atoms with E-state index in [4.69, 9.17) is 14.3 Å². The van der Waals surface area contributed by atoms with Crippen LogP contribution in [0.5, 0.6) is 5.75 Å². The number of hydrogen-bond donors (Lipinski definition) is 1. The molecular formula is C18H14O5. The van der Waals surface area contributed by atoms with Crippen LogP contribution in [0.25, 0.3) is 11.0 Å². The quantitative estimate of drug-likeness (QED) is 0.784. The summed E-state index contributed by atoms with van der Waals surface area (Å²) in [5.74, 6) is -0.547. The van der Waals surface area contributed by atoms with Crippen molar-refractivity contribution in [3.63, 3.8) is 0 Å². The number of hydrogen-bond acceptors (Lipinski definition) is 4. The van der Waals surface area contributed by atoms with Crippen molar-refractivity contribution >= 4 is 16.9 Å². The second kappa shape index (κ2) is 6.36. The Morgan fingerprint density at radius 3 is 2.65 bits per heavy atom. The highest BCUT2D eigenvalue weighted by Crippen LogP contribution is 2.20. The third-order valence-corrected chi connectivity index (χ3v) is 3.41. The van der Waals surface area contributed by atoms with Crippen LogP contribution in [0.3, 0.4) is 0 Å². The van der Waals surface area contributed by atoms with E-state index in [1.54, 1.807) is 18.2 Å². The molecule has 0 spiro atoms. The van der Waals surface area contributed by atoms with Crippen LogP contribution in [0.15, 0.2) is 64.0 Å². The number of rotatable bonds is 5. The third-order valence-electron chi connectivity index (χ3n) is 3.41. The fraction of sp³-hybridized carbons (Fsp3) is 0.111. The number of carboxylic acids is 1. The first-order valence-corrected chi connectivity index (χ1v) is 7.06. The number of fused-ring (bicyclic) bond motifs is 1. The van der Waals surface area contributed by atoms with E-state index in [2.05, 4.69) is 0 Å². The fourth-order valence-electron chi connectivity index (χ4n) is 2.27. The molecule has 0 aliphatic rings. The van der Waals surface area contributed by atoms with Gasteiger partial charge in [0.05, 0.1) is 18.1 Å². The van der Waals surface area contributed by atoms with Gasteiger partial charge in [0, 0.05) is 5.56 Å². The standard InChI is InChI=1S/C18H14O5/c19-17(20)8-13-11-23-16-7-6-14(9-15(16)18(13)21)22-10-12-4-2-1-3-5-12/h1-7,9,11H,8,10H2,(H,19,20). The Balaban J connectivity index is 1.89. The third kappa shape index (κ3) is 3.40. The zero-order chi connectivity index (χ0) is 16.2. The van der Waals surface area contributed by atoms with Crippen molar-refractivity contribution < 1.29 is 19.1 Å². The van der Waals surface area contributed by atoms with Crippen LogP contribution in [-0.2, 0) is 17.8 Å². The van der Waals surface area contributed by atoms with Crippen LogP contribution in [0.2, 0.25) is 0 Å². The maximum atomic E-state index is 12.3. The minimum absolute atomic E-state index is 0.116. The van der Waals surface area contributed by atoms with Gasteiger partial charge >= 0.3 is 5.97 Å². The lowest BCUT2D eigenvalue weighted by Crippen LogP contribution is -2.13. The van der Waals surface area contributed by atoms with Crippen LogP contribution in [-0.4, -0.2) is 11.1 Å². The molecule has 0 atom stereocenters. The summed E-state index contributed by atoms with van der Waals surface area (Å²) in [6, 6.07) is 14.6. The van der Waals surface area contributed by atoms with E-state index < -0.39 is 5.97 Å². The summed E-state index contributed by atoms with van der Waals surface area (Å²) in [4.78, 5) is 23.1. The molecule has 0 saturated carbocycles. The van der Waals surface area contributed by atoms with Crippen LogP contribution in [0.1, 0.15) is 11.1 Å². The predicted octanol–water partition coefficient (Wildman–Crippen LogP) is 3.00. The van der Waals surface area contributed by atoms with Gasteiger partial charge in [-0.3, -0.25) is 9.59 Å². The lowest BCUT2D eigenvalue weighted by atomic mass is 10.1. The number of benzene rings is 2. The lowest BCUT2D eigenvalue weighted by molar-refractivity contribution is -0.136. The van der Waals surface area contributed by atoms with E-state index in [0.29, 0.717) is 23.3 Å². The average Bonchev–Trinajstić information content (AvgIpc) is 2.56. The van der Waals surface area contributed by atoms with Crippen molar-refractivity contribution in [3.8, 4) is 5.75 Å². The Morgan fingerprint density at radius 1 is 1.13 bits per heavy atom. The minimum atomic E-state index is -1.08. The highest BCUT2D eigenvalue weighted by atomic mass is 16.5. The van der Waals surface area contributed by atoms with E-state index in [-0.39, 0.29) is 17.4 Å². The van der Waals surface area contributed by atoms with Gasteiger partial charge in [0.1, 0.15) is 17.9 Å². The van der Waals surface area contributed by atoms with Gasteiger partial charge in [-0.1, -0.05) is 30.3 Å². The molecular weight excluding hydrogens is 296 g/mol. The molecule has 1 aromatic heterocycles. The molecule has 116 valence electrons. The van der Waals surface area contributed by atoms with E-state index in [9.17, 15) is 9.59 Å². The Labute approximate surface area is 131 Å². The zero-order valence-corrected chi connectivity index (χ0v) is 12.2. The highest BCUT2D eigenvalue weighted by Gasteiger charge is 2.11. The maximum Gasteiger partial charge on any atom is 0.308 e. The Kier molecular flexibility index (Phi) is 4.10.